The summed E-state index contributed by atoms with van der Waals surface area (Å²) >= 11 is 0. The molecule has 2 aromatic heterocycles. The molecule has 3 N–H and O–H groups in total. The molecule has 2 atom stereocenters. The third kappa shape index (κ3) is 3.06. The monoisotopic (exact) mass is 396 g/mol. The van der Waals surface area contributed by atoms with Gasteiger partial charge in [0.2, 0.25) is 0 Å². The highest BCUT2D eigenvalue weighted by molar-refractivity contribution is 5.95. The lowest BCUT2D eigenvalue weighted by molar-refractivity contribution is -0.137. The summed E-state index contributed by atoms with van der Waals surface area (Å²) in [7, 11) is 0. The maximum Gasteiger partial charge on any atom is 0.416 e. The number of aromatic nitrogens is 3. The molecular formula is C18H19F3N4O3. The predicted molar refractivity (Wildman–Crippen MR) is 91.0 cm³/mol. The maximum atomic E-state index is 13.1. The molecule has 2 heterocycles. The summed E-state index contributed by atoms with van der Waals surface area (Å²) in [6.45, 7) is 0.533. The van der Waals surface area contributed by atoms with Crippen molar-refractivity contribution < 1.29 is 28.2 Å². The molecule has 10 heteroatoms. The van der Waals surface area contributed by atoms with Crippen LogP contribution in [0.2, 0.25) is 0 Å². The summed E-state index contributed by atoms with van der Waals surface area (Å²) < 4.78 is 40.5. The van der Waals surface area contributed by atoms with Gasteiger partial charge in [0.15, 0.2) is 11.5 Å². The van der Waals surface area contributed by atoms with Crippen LogP contribution in [0.3, 0.4) is 0 Å². The minimum atomic E-state index is -4.51. The summed E-state index contributed by atoms with van der Waals surface area (Å²) in [6, 6.07) is 1.80. The van der Waals surface area contributed by atoms with Crippen molar-refractivity contribution in [2.75, 3.05) is 13.2 Å². The third-order valence-corrected chi connectivity index (χ3v) is 5.38. The van der Waals surface area contributed by atoms with Crippen molar-refractivity contribution in [2.24, 2.45) is 5.92 Å². The molecule has 0 unspecified atom stereocenters. The Morgan fingerprint density at radius 3 is 2.71 bits per heavy atom. The lowest BCUT2D eigenvalue weighted by atomic mass is 10.0. The molecule has 1 amide bonds. The fraction of sp³-hybridized carbons (Fsp3) is 0.500. The van der Waals surface area contributed by atoms with Gasteiger partial charge in [-0.2, -0.15) is 18.3 Å². The number of nitrogens with one attached hydrogen (secondary N) is 1. The van der Waals surface area contributed by atoms with E-state index in [0.29, 0.717) is 17.9 Å². The van der Waals surface area contributed by atoms with Crippen molar-refractivity contribution in [3.8, 4) is 5.82 Å². The second kappa shape index (κ2) is 6.28. The third-order valence-electron chi connectivity index (χ3n) is 5.38. The van der Waals surface area contributed by atoms with Gasteiger partial charge in [-0.1, -0.05) is 0 Å². The maximum absolute atomic E-state index is 13.1. The fourth-order valence-corrected chi connectivity index (χ4v) is 3.65. The molecule has 1 saturated carbocycles. The van der Waals surface area contributed by atoms with Crippen LogP contribution in [0.15, 0.2) is 18.3 Å². The van der Waals surface area contributed by atoms with Crippen LogP contribution in [0.1, 0.15) is 46.6 Å². The van der Waals surface area contributed by atoms with E-state index in [-0.39, 0.29) is 17.4 Å². The molecule has 150 valence electrons. The highest BCUT2D eigenvalue weighted by atomic mass is 19.4. The summed E-state index contributed by atoms with van der Waals surface area (Å²) in [6.07, 6.45) is -1.92. The first-order chi connectivity index (χ1) is 13.2. The highest BCUT2D eigenvalue weighted by Gasteiger charge is 2.50. The van der Waals surface area contributed by atoms with Crippen LogP contribution < -0.4 is 5.32 Å². The van der Waals surface area contributed by atoms with Crippen LogP contribution in [-0.4, -0.2) is 49.6 Å². The number of hydrogen-bond acceptors (Lipinski definition) is 5. The van der Waals surface area contributed by atoms with Crippen molar-refractivity contribution in [3.63, 3.8) is 0 Å². The molecule has 2 aliphatic carbocycles. The standard InChI is InChI=1S/C18H19F3N4O3/c1-17(7-26,8-27)23-16(28)14-12-5-9-4-11(9)15(12)25(24-14)13-6-10(2-3-22-13)18(19,20)21/h2-3,6,9,11,26-27H,4-5,7-8H2,1H3,(H,23,28)/t9-,11-/m1/s1. The van der Waals surface area contributed by atoms with E-state index in [0.717, 1.165) is 30.4 Å². The van der Waals surface area contributed by atoms with Crippen LogP contribution >= 0.6 is 0 Å². The van der Waals surface area contributed by atoms with Gasteiger partial charge in [-0.15, -0.1) is 0 Å². The van der Waals surface area contributed by atoms with E-state index in [1.807, 2.05) is 0 Å². The number of amides is 1. The van der Waals surface area contributed by atoms with Gasteiger partial charge in [-0.25, -0.2) is 9.67 Å². The summed E-state index contributed by atoms with van der Waals surface area (Å²) in [5.74, 6) is -0.0697. The number of alkyl halides is 3. The van der Waals surface area contributed by atoms with Crippen molar-refractivity contribution >= 4 is 5.91 Å². The van der Waals surface area contributed by atoms with Gasteiger partial charge in [-0.3, -0.25) is 4.79 Å². The molecule has 4 rings (SSSR count). The Bertz CT molecular complexity index is 937. The summed E-state index contributed by atoms with van der Waals surface area (Å²) in [5.41, 5.74) is -0.572. The minimum Gasteiger partial charge on any atom is -0.394 e. The largest absolute Gasteiger partial charge is 0.416 e. The van der Waals surface area contributed by atoms with E-state index in [4.69, 9.17) is 0 Å². The lowest BCUT2D eigenvalue weighted by Gasteiger charge is -2.25. The number of nitrogens with zero attached hydrogens (tertiary/aromatic N) is 3. The number of rotatable bonds is 5. The first-order valence-electron chi connectivity index (χ1n) is 8.86. The molecule has 0 bridgehead atoms. The van der Waals surface area contributed by atoms with E-state index in [1.54, 1.807) is 0 Å². The average molecular weight is 396 g/mol. The van der Waals surface area contributed by atoms with Gasteiger partial charge in [-0.05, 0) is 37.8 Å². The van der Waals surface area contributed by atoms with Gasteiger partial charge < -0.3 is 15.5 Å². The zero-order valence-electron chi connectivity index (χ0n) is 15.0. The molecule has 28 heavy (non-hydrogen) atoms. The second-order valence-electron chi connectivity index (χ2n) is 7.66. The molecule has 0 radical (unpaired) electrons. The minimum absolute atomic E-state index is 0.00440. The summed E-state index contributed by atoms with van der Waals surface area (Å²) in [4.78, 5) is 16.7. The fourth-order valence-electron chi connectivity index (χ4n) is 3.65. The van der Waals surface area contributed by atoms with Crippen LogP contribution in [0.5, 0.6) is 0 Å². The first-order valence-corrected chi connectivity index (χ1v) is 8.86. The van der Waals surface area contributed by atoms with Crippen LogP contribution in [0.4, 0.5) is 13.2 Å². The summed E-state index contributed by atoms with van der Waals surface area (Å²) in [5, 5.41) is 25.6. The van der Waals surface area contributed by atoms with Gasteiger partial charge in [0, 0.05) is 17.7 Å². The van der Waals surface area contributed by atoms with Crippen LogP contribution in [-0.2, 0) is 12.6 Å². The van der Waals surface area contributed by atoms with E-state index in [2.05, 4.69) is 15.4 Å². The number of carbonyl (C=O) groups is 1. The highest BCUT2D eigenvalue weighted by Crippen LogP contribution is 2.57. The van der Waals surface area contributed by atoms with E-state index < -0.39 is 36.4 Å². The topological polar surface area (TPSA) is 100 Å². The Labute approximate surface area is 158 Å². The van der Waals surface area contributed by atoms with Gasteiger partial charge in [0.1, 0.15) is 0 Å². The molecule has 1 fully saturated rings. The molecular weight excluding hydrogens is 377 g/mol. The zero-order valence-corrected chi connectivity index (χ0v) is 15.0. The van der Waals surface area contributed by atoms with E-state index in [9.17, 15) is 28.2 Å². The molecule has 7 nitrogen and oxygen atoms in total. The Balaban J connectivity index is 1.75. The second-order valence-corrected chi connectivity index (χ2v) is 7.66. The molecule has 0 saturated heterocycles. The number of hydrogen-bond donors (Lipinski definition) is 3. The Kier molecular flexibility index (Phi) is 4.23. The van der Waals surface area contributed by atoms with Gasteiger partial charge >= 0.3 is 6.18 Å². The number of fused-ring (bicyclic) bond motifs is 3. The number of pyridine rings is 1. The Morgan fingerprint density at radius 2 is 2.07 bits per heavy atom. The molecule has 0 spiro atoms. The SMILES string of the molecule is CC(CO)(CO)NC(=O)c1nn(-c2cc(C(F)(F)F)ccn2)c2c1C[C@H]1C[C@@H]21. The Morgan fingerprint density at radius 1 is 1.36 bits per heavy atom. The number of halogens is 3. The average Bonchev–Trinajstić information content (AvgIpc) is 3.16. The molecule has 0 aliphatic heterocycles. The predicted octanol–water partition coefficient (Wildman–Crippen LogP) is 1.42. The Hall–Kier alpha value is -2.46. The molecule has 2 aliphatic rings. The smallest absolute Gasteiger partial charge is 0.394 e. The van der Waals surface area contributed by atoms with Crippen molar-refractivity contribution in [2.45, 2.75) is 37.4 Å². The first kappa shape index (κ1) is 18.9. The van der Waals surface area contributed by atoms with Gasteiger partial charge in [0.05, 0.1) is 30.0 Å². The zero-order chi connectivity index (χ0) is 20.3. The van der Waals surface area contributed by atoms with Crippen molar-refractivity contribution in [1.82, 2.24) is 20.1 Å². The quantitative estimate of drug-likeness (QED) is 0.710. The molecule has 2 aromatic rings. The van der Waals surface area contributed by atoms with E-state index >= 15 is 0 Å². The number of carbonyl (C=O) groups excluding carboxylic acids is 1. The van der Waals surface area contributed by atoms with Crippen LogP contribution in [0.25, 0.3) is 5.82 Å². The van der Waals surface area contributed by atoms with E-state index in [1.165, 1.54) is 11.6 Å². The van der Waals surface area contributed by atoms with Crippen molar-refractivity contribution in [1.29, 1.82) is 0 Å². The molecule has 0 aromatic carbocycles. The number of aliphatic hydroxyl groups excluding tert-OH is 2. The number of aliphatic hydroxyl groups is 2. The van der Waals surface area contributed by atoms with Crippen LogP contribution in [0, 0.1) is 5.92 Å². The lowest BCUT2D eigenvalue weighted by Crippen LogP contribution is -2.52. The normalized spacial score (nSPS) is 20.6. The van der Waals surface area contributed by atoms with Crippen molar-refractivity contribution in [3.05, 3.63) is 40.8 Å². The van der Waals surface area contributed by atoms with Gasteiger partial charge in [0.25, 0.3) is 5.91 Å².